The maximum absolute atomic E-state index is 13.8. The summed E-state index contributed by atoms with van der Waals surface area (Å²) in [5.74, 6) is -2.64. The third-order valence-corrected chi connectivity index (χ3v) is 8.98. The van der Waals surface area contributed by atoms with Crippen LogP contribution < -0.4 is 19.8 Å². The lowest BCUT2D eigenvalue weighted by Crippen LogP contribution is -2.32. The molecule has 1 aromatic heterocycles. The number of carbonyl (C=O) groups is 3. The van der Waals surface area contributed by atoms with Crippen molar-refractivity contribution in [2.75, 3.05) is 16.8 Å². The molecule has 4 aromatic rings. The molecule has 3 aromatic carbocycles. The van der Waals surface area contributed by atoms with Gasteiger partial charge in [-0.1, -0.05) is 59.5 Å². The summed E-state index contributed by atoms with van der Waals surface area (Å²) < 4.78 is 19.1. The van der Waals surface area contributed by atoms with Gasteiger partial charge >= 0.3 is 4.87 Å². The highest BCUT2D eigenvalue weighted by atomic mass is 32.2. The fourth-order valence-corrected chi connectivity index (χ4v) is 7.43. The monoisotopic (exact) mass is 561 g/mol. The van der Waals surface area contributed by atoms with Gasteiger partial charge in [-0.25, -0.2) is 9.29 Å². The van der Waals surface area contributed by atoms with E-state index in [0.717, 1.165) is 11.3 Å². The van der Waals surface area contributed by atoms with Crippen LogP contribution in [-0.4, -0.2) is 34.6 Å². The SMILES string of the molecule is O=C(COc1ccccc1[C@H]1c2sc(=O)[nH]c2SC2C(=O)N(c3ccccc3)C(=O)C21)Nc1ccc(F)cc1. The van der Waals surface area contributed by atoms with E-state index in [1.54, 1.807) is 54.6 Å². The van der Waals surface area contributed by atoms with Crippen molar-refractivity contribution in [1.29, 1.82) is 0 Å². The van der Waals surface area contributed by atoms with Crippen LogP contribution in [0.3, 0.4) is 0 Å². The number of nitrogens with zero attached hydrogens (tertiary/aromatic N) is 1. The number of para-hydroxylation sites is 2. The Kier molecular flexibility index (Phi) is 6.53. The van der Waals surface area contributed by atoms with Gasteiger partial charge in [0, 0.05) is 22.0 Å². The molecule has 2 aliphatic rings. The van der Waals surface area contributed by atoms with E-state index in [2.05, 4.69) is 10.3 Å². The quantitative estimate of drug-likeness (QED) is 0.338. The molecule has 6 rings (SSSR count). The standard InChI is InChI=1S/C28H20FN3O5S2/c29-15-10-12-16(13-11-15)30-20(33)14-37-19-9-5-4-8-18(19)21-22-24(38-25-23(21)39-28(36)31-25)27(35)32(26(22)34)17-6-2-1-3-7-17/h1-13,21-22,24H,14H2,(H,30,33)(H,31,36)/t21-,22?,24?/m1/s1. The molecule has 3 amide bonds. The number of anilines is 2. The van der Waals surface area contributed by atoms with Gasteiger partial charge < -0.3 is 15.0 Å². The molecule has 196 valence electrons. The maximum atomic E-state index is 13.8. The molecule has 1 fully saturated rings. The first-order valence-corrected chi connectivity index (χ1v) is 13.7. The van der Waals surface area contributed by atoms with Crippen LogP contribution in [0.15, 0.2) is 88.7 Å². The van der Waals surface area contributed by atoms with Crippen molar-refractivity contribution in [2.45, 2.75) is 16.2 Å². The summed E-state index contributed by atoms with van der Waals surface area (Å²) >= 11 is 2.19. The van der Waals surface area contributed by atoms with Crippen LogP contribution in [0, 0.1) is 11.7 Å². The molecule has 11 heteroatoms. The number of aromatic amines is 1. The van der Waals surface area contributed by atoms with Gasteiger partial charge in [0.15, 0.2) is 6.61 Å². The number of amides is 3. The average Bonchev–Trinajstić information content (AvgIpc) is 3.43. The van der Waals surface area contributed by atoms with Crippen molar-refractivity contribution in [3.63, 3.8) is 0 Å². The lowest BCUT2D eigenvalue weighted by atomic mass is 9.82. The number of halogens is 1. The predicted molar refractivity (Wildman–Crippen MR) is 146 cm³/mol. The summed E-state index contributed by atoms with van der Waals surface area (Å²) in [6.07, 6.45) is 0. The number of ether oxygens (including phenoxy) is 1. The molecular formula is C28H20FN3O5S2. The van der Waals surface area contributed by atoms with Crippen molar-refractivity contribution in [2.24, 2.45) is 5.92 Å². The minimum absolute atomic E-state index is 0.283. The van der Waals surface area contributed by atoms with Crippen molar-refractivity contribution in [3.8, 4) is 5.75 Å². The Morgan fingerprint density at radius 3 is 2.44 bits per heavy atom. The Hall–Kier alpha value is -4.22. The van der Waals surface area contributed by atoms with Crippen LogP contribution in [0.2, 0.25) is 0 Å². The van der Waals surface area contributed by atoms with Crippen LogP contribution >= 0.6 is 23.1 Å². The summed E-state index contributed by atoms with van der Waals surface area (Å²) in [7, 11) is 0. The van der Waals surface area contributed by atoms with Crippen molar-refractivity contribution >= 4 is 52.2 Å². The van der Waals surface area contributed by atoms with E-state index in [4.69, 9.17) is 4.74 Å². The van der Waals surface area contributed by atoms with Crippen LogP contribution in [0.5, 0.6) is 5.75 Å². The van der Waals surface area contributed by atoms with Crippen molar-refractivity contribution in [1.82, 2.24) is 4.98 Å². The second-order valence-electron chi connectivity index (χ2n) is 8.98. The predicted octanol–water partition coefficient (Wildman–Crippen LogP) is 4.39. The van der Waals surface area contributed by atoms with E-state index in [9.17, 15) is 23.6 Å². The molecule has 3 atom stereocenters. The van der Waals surface area contributed by atoms with E-state index >= 15 is 0 Å². The molecule has 0 saturated carbocycles. The zero-order valence-corrected chi connectivity index (χ0v) is 21.8. The van der Waals surface area contributed by atoms with Crippen molar-refractivity contribution in [3.05, 3.63) is 105 Å². The van der Waals surface area contributed by atoms with Gasteiger partial charge in [0.1, 0.15) is 16.8 Å². The number of rotatable bonds is 6. The highest BCUT2D eigenvalue weighted by molar-refractivity contribution is 8.00. The molecule has 8 nitrogen and oxygen atoms in total. The number of thioether (sulfide) groups is 1. The Morgan fingerprint density at radius 1 is 0.949 bits per heavy atom. The minimum Gasteiger partial charge on any atom is -0.483 e. The van der Waals surface area contributed by atoms with E-state index in [1.165, 1.54) is 40.9 Å². The first kappa shape index (κ1) is 25.1. The van der Waals surface area contributed by atoms with E-state index in [0.29, 0.717) is 32.6 Å². The largest absolute Gasteiger partial charge is 0.483 e. The zero-order chi connectivity index (χ0) is 27.1. The van der Waals surface area contributed by atoms with Crippen LogP contribution in [0.25, 0.3) is 0 Å². The number of nitrogens with one attached hydrogen (secondary N) is 2. The highest BCUT2D eigenvalue weighted by Crippen LogP contribution is 2.54. The van der Waals surface area contributed by atoms with Gasteiger partial charge in [0.2, 0.25) is 11.8 Å². The molecule has 0 spiro atoms. The first-order chi connectivity index (χ1) is 18.9. The van der Waals surface area contributed by atoms with Gasteiger partial charge in [-0.05, 0) is 42.5 Å². The summed E-state index contributed by atoms with van der Waals surface area (Å²) in [5, 5.41) is 2.46. The van der Waals surface area contributed by atoms with E-state index < -0.39 is 28.8 Å². The Morgan fingerprint density at radius 2 is 1.67 bits per heavy atom. The Bertz CT molecular complexity index is 1640. The molecular weight excluding hydrogens is 541 g/mol. The summed E-state index contributed by atoms with van der Waals surface area (Å²) in [4.78, 5) is 56.7. The normalized spacial score (nSPS) is 19.9. The van der Waals surface area contributed by atoms with Crippen molar-refractivity contribution < 1.29 is 23.5 Å². The fourth-order valence-electron chi connectivity index (χ4n) is 4.93. The number of fused-ring (bicyclic) bond motifs is 2. The second kappa shape index (κ2) is 10.2. The minimum atomic E-state index is -0.778. The molecule has 0 bridgehead atoms. The second-order valence-corrected chi connectivity index (χ2v) is 11.1. The molecule has 2 unspecified atom stereocenters. The van der Waals surface area contributed by atoms with Crippen LogP contribution in [0.1, 0.15) is 16.4 Å². The number of H-pyrrole nitrogens is 1. The number of carbonyl (C=O) groups excluding carboxylic acids is 3. The number of benzene rings is 3. The Balaban J connectivity index is 1.33. The van der Waals surface area contributed by atoms with Gasteiger partial charge in [0.25, 0.3) is 5.91 Å². The third kappa shape index (κ3) is 4.64. The molecule has 0 radical (unpaired) electrons. The molecule has 2 N–H and O–H groups in total. The van der Waals surface area contributed by atoms with Gasteiger partial charge in [-0.2, -0.15) is 0 Å². The van der Waals surface area contributed by atoms with Gasteiger partial charge in [-0.15, -0.1) is 0 Å². The van der Waals surface area contributed by atoms with E-state index in [-0.39, 0.29) is 23.3 Å². The Labute approximate surface area is 229 Å². The first-order valence-electron chi connectivity index (χ1n) is 12.0. The molecule has 3 heterocycles. The molecule has 0 aliphatic carbocycles. The van der Waals surface area contributed by atoms with Gasteiger partial charge in [-0.3, -0.25) is 19.2 Å². The van der Waals surface area contributed by atoms with Gasteiger partial charge in [0.05, 0.1) is 16.6 Å². The highest BCUT2D eigenvalue weighted by Gasteiger charge is 2.56. The number of hydrogen-bond acceptors (Lipinski definition) is 7. The fraction of sp³-hybridized carbons (Fsp3) is 0.143. The zero-order valence-electron chi connectivity index (χ0n) is 20.1. The van der Waals surface area contributed by atoms with Crippen LogP contribution in [0.4, 0.5) is 15.8 Å². The third-order valence-electron chi connectivity index (χ3n) is 6.58. The lowest BCUT2D eigenvalue weighted by molar-refractivity contribution is -0.122. The average molecular weight is 562 g/mol. The summed E-state index contributed by atoms with van der Waals surface area (Å²) in [5.41, 5.74) is 1.50. The summed E-state index contributed by atoms with van der Waals surface area (Å²) in [6.45, 7) is -0.344. The molecule has 39 heavy (non-hydrogen) atoms. The van der Waals surface area contributed by atoms with Crippen LogP contribution in [-0.2, 0) is 14.4 Å². The lowest BCUT2D eigenvalue weighted by Gasteiger charge is -2.30. The topological polar surface area (TPSA) is 109 Å². The molecule has 1 saturated heterocycles. The number of hydrogen-bond donors (Lipinski definition) is 2. The molecule has 2 aliphatic heterocycles. The number of aromatic nitrogens is 1. The van der Waals surface area contributed by atoms with E-state index in [1.807, 2.05) is 0 Å². The number of imide groups is 1. The smallest absolute Gasteiger partial charge is 0.305 e. The number of thiazole rings is 1. The maximum Gasteiger partial charge on any atom is 0.305 e. The summed E-state index contributed by atoms with van der Waals surface area (Å²) in [6, 6.07) is 21.1.